The lowest BCUT2D eigenvalue weighted by molar-refractivity contribution is -0.118. The largest absolute Gasteiger partial charge is 0.454 e. The summed E-state index contributed by atoms with van der Waals surface area (Å²) in [5.74, 6) is 1.87. The van der Waals surface area contributed by atoms with Crippen LogP contribution >= 0.6 is 11.8 Å². The van der Waals surface area contributed by atoms with Crippen molar-refractivity contribution in [2.24, 2.45) is 0 Å². The zero-order chi connectivity index (χ0) is 19.5. The molecule has 7 heteroatoms. The Hall–Kier alpha value is -2.15. The molecule has 0 atom stereocenters. The molecule has 1 saturated carbocycles. The molecule has 4 rings (SSSR count). The van der Waals surface area contributed by atoms with Crippen LogP contribution in [0.25, 0.3) is 0 Å². The van der Waals surface area contributed by atoms with Crippen molar-refractivity contribution in [1.82, 2.24) is 14.9 Å². The molecule has 1 aliphatic heterocycles. The third-order valence-electron chi connectivity index (χ3n) is 5.55. The van der Waals surface area contributed by atoms with Gasteiger partial charge in [0, 0.05) is 18.3 Å². The van der Waals surface area contributed by atoms with Gasteiger partial charge in [-0.1, -0.05) is 37.1 Å². The fourth-order valence-corrected chi connectivity index (χ4v) is 4.89. The number of aryl methyl sites for hydroxylation is 1. The van der Waals surface area contributed by atoms with Crippen LogP contribution in [-0.2, 0) is 11.3 Å². The van der Waals surface area contributed by atoms with Crippen LogP contribution in [0.3, 0.4) is 0 Å². The van der Waals surface area contributed by atoms with E-state index in [4.69, 9.17) is 14.5 Å². The Balaban J connectivity index is 1.34. The monoisotopic (exact) mass is 401 g/mol. The minimum Gasteiger partial charge on any atom is -0.454 e. The quantitative estimate of drug-likeness (QED) is 0.737. The highest BCUT2D eigenvalue weighted by Crippen LogP contribution is 2.34. The smallest absolute Gasteiger partial charge is 0.231 e. The number of aromatic nitrogens is 2. The first kappa shape index (κ1) is 19.2. The van der Waals surface area contributed by atoms with Crippen LogP contribution in [-0.4, -0.2) is 28.0 Å². The third-order valence-corrected chi connectivity index (χ3v) is 6.51. The summed E-state index contributed by atoms with van der Waals surface area (Å²) < 4.78 is 13.1. The number of ether oxygens (including phenoxy) is 2. The maximum absolute atomic E-state index is 12.4. The standard InChI is InChI=1S/C21H27N3O3S/c1-14-15(2)24(17-6-4-3-5-7-17)21(23-14)28-12-20(25)22-11-16-8-9-18-19(10-16)27-13-26-18/h8-10,17H,3-7,11-13H2,1-2H3,(H,22,25). The Labute approximate surface area is 170 Å². The summed E-state index contributed by atoms with van der Waals surface area (Å²) in [6, 6.07) is 6.27. The van der Waals surface area contributed by atoms with E-state index in [1.54, 1.807) is 0 Å². The Kier molecular flexibility index (Phi) is 5.80. The lowest BCUT2D eigenvalue weighted by Gasteiger charge is -2.26. The van der Waals surface area contributed by atoms with Gasteiger partial charge in [-0.3, -0.25) is 4.79 Å². The molecular weight excluding hydrogens is 374 g/mol. The van der Waals surface area contributed by atoms with Crippen molar-refractivity contribution >= 4 is 17.7 Å². The highest BCUT2D eigenvalue weighted by atomic mass is 32.2. The molecule has 2 aromatic rings. The Bertz CT molecular complexity index is 859. The molecule has 0 saturated heterocycles. The summed E-state index contributed by atoms with van der Waals surface area (Å²) >= 11 is 1.53. The molecule has 150 valence electrons. The van der Waals surface area contributed by atoms with E-state index in [1.807, 2.05) is 18.2 Å². The Morgan fingerprint density at radius 1 is 1.21 bits per heavy atom. The van der Waals surface area contributed by atoms with E-state index >= 15 is 0 Å². The Morgan fingerprint density at radius 3 is 2.82 bits per heavy atom. The molecule has 1 aliphatic carbocycles. The van der Waals surface area contributed by atoms with Gasteiger partial charge in [-0.2, -0.15) is 0 Å². The number of hydrogen-bond donors (Lipinski definition) is 1. The number of rotatable bonds is 6. The van der Waals surface area contributed by atoms with Gasteiger partial charge in [-0.05, 0) is 44.4 Å². The van der Waals surface area contributed by atoms with E-state index in [9.17, 15) is 4.79 Å². The molecule has 0 unspecified atom stereocenters. The van der Waals surface area contributed by atoms with E-state index < -0.39 is 0 Å². The van der Waals surface area contributed by atoms with Crippen molar-refractivity contribution in [1.29, 1.82) is 0 Å². The van der Waals surface area contributed by atoms with Crippen LogP contribution in [0.1, 0.15) is 55.1 Å². The molecule has 0 spiro atoms. The predicted molar refractivity (Wildman–Crippen MR) is 109 cm³/mol. The van der Waals surface area contributed by atoms with E-state index in [0.29, 0.717) is 18.3 Å². The maximum atomic E-state index is 12.4. The zero-order valence-electron chi connectivity index (χ0n) is 16.5. The van der Waals surface area contributed by atoms with Crippen molar-refractivity contribution in [2.45, 2.75) is 63.7 Å². The van der Waals surface area contributed by atoms with Crippen molar-refractivity contribution in [2.75, 3.05) is 12.5 Å². The number of benzene rings is 1. The number of carbonyl (C=O) groups is 1. The number of nitrogens with one attached hydrogen (secondary N) is 1. The molecule has 1 aromatic heterocycles. The molecule has 1 amide bonds. The van der Waals surface area contributed by atoms with Gasteiger partial charge >= 0.3 is 0 Å². The fraction of sp³-hybridized carbons (Fsp3) is 0.524. The first-order valence-electron chi connectivity index (χ1n) is 9.95. The molecular formula is C21H27N3O3S. The van der Waals surface area contributed by atoms with E-state index in [2.05, 4.69) is 23.7 Å². The zero-order valence-corrected chi connectivity index (χ0v) is 17.3. The number of fused-ring (bicyclic) bond motifs is 1. The van der Waals surface area contributed by atoms with Gasteiger partial charge in [0.2, 0.25) is 12.7 Å². The summed E-state index contributed by atoms with van der Waals surface area (Å²) in [4.78, 5) is 17.1. The van der Waals surface area contributed by atoms with Crippen LogP contribution < -0.4 is 14.8 Å². The van der Waals surface area contributed by atoms with Crippen molar-refractivity contribution in [3.05, 3.63) is 35.2 Å². The SMILES string of the molecule is Cc1nc(SCC(=O)NCc2ccc3c(c2)OCO3)n(C2CCCCC2)c1C. The molecule has 28 heavy (non-hydrogen) atoms. The number of amides is 1. The van der Waals surface area contributed by atoms with Crippen molar-refractivity contribution < 1.29 is 14.3 Å². The second kappa shape index (κ2) is 8.47. The van der Waals surface area contributed by atoms with E-state index in [0.717, 1.165) is 27.9 Å². The first-order chi connectivity index (χ1) is 13.6. The van der Waals surface area contributed by atoms with Gasteiger partial charge in [0.05, 0.1) is 11.4 Å². The lowest BCUT2D eigenvalue weighted by atomic mass is 9.95. The van der Waals surface area contributed by atoms with E-state index in [1.165, 1.54) is 49.6 Å². The predicted octanol–water partition coefficient (Wildman–Crippen LogP) is 4.14. The van der Waals surface area contributed by atoms with Gasteiger partial charge in [0.15, 0.2) is 16.7 Å². The number of nitrogens with zero attached hydrogens (tertiary/aromatic N) is 2. The maximum Gasteiger partial charge on any atom is 0.231 e. The number of imidazole rings is 1. The third kappa shape index (κ3) is 4.14. The van der Waals surface area contributed by atoms with Crippen LogP contribution in [0.4, 0.5) is 0 Å². The Morgan fingerprint density at radius 2 is 2.00 bits per heavy atom. The normalized spacial score (nSPS) is 16.4. The summed E-state index contributed by atoms with van der Waals surface area (Å²) in [6.45, 7) is 4.93. The highest BCUT2D eigenvalue weighted by Gasteiger charge is 2.22. The molecule has 2 heterocycles. The average Bonchev–Trinajstić information content (AvgIpc) is 3.29. The summed E-state index contributed by atoms with van der Waals surface area (Å²) in [5.41, 5.74) is 3.29. The molecule has 0 radical (unpaired) electrons. The molecule has 1 aromatic carbocycles. The van der Waals surface area contributed by atoms with Crippen LogP contribution in [0, 0.1) is 13.8 Å². The molecule has 6 nitrogen and oxygen atoms in total. The molecule has 2 aliphatic rings. The van der Waals surface area contributed by atoms with E-state index in [-0.39, 0.29) is 12.7 Å². The van der Waals surface area contributed by atoms with Gasteiger partial charge in [-0.15, -0.1) is 0 Å². The van der Waals surface area contributed by atoms with Crippen LogP contribution in [0.5, 0.6) is 11.5 Å². The average molecular weight is 402 g/mol. The van der Waals surface area contributed by atoms with Gasteiger partial charge in [-0.25, -0.2) is 4.98 Å². The second-order valence-electron chi connectivity index (χ2n) is 7.48. The van der Waals surface area contributed by atoms with Crippen molar-refractivity contribution in [3.63, 3.8) is 0 Å². The minimum absolute atomic E-state index is 0.0103. The molecule has 0 bridgehead atoms. The molecule has 1 fully saturated rings. The van der Waals surface area contributed by atoms with Crippen molar-refractivity contribution in [3.8, 4) is 11.5 Å². The number of thioether (sulfide) groups is 1. The van der Waals surface area contributed by atoms with Crippen LogP contribution in [0.2, 0.25) is 0 Å². The van der Waals surface area contributed by atoms with Gasteiger partial charge in [0.1, 0.15) is 0 Å². The second-order valence-corrected chi connectivity index (χ2v) is 8.42. The highest BCUT2D eigenvalue weighted by molar-refractivity contribution is 7.99. The summed E-state index contributed by atoms with van der Waals surface area (Å²) in [5, 5.41) is 3.96. The van der Waals surface area contributed by atoms with Gasteiger partial charge < -0.3 is 19.4 Å². The number of carbonyl (C=O) groups excluding carboxylic acids is 1. The minimum atomic E-state index is 0.0103. The lowest BCUT2D eigenvalue weighted by Crippen LogP contribution is -2.25. The topological polar surface area (TPSA) is 65.4 Å². The summed E-state index contributed by atoms with van der Waals surface area (Å²) in [7, 11) is 0. The number of hydrogen-bond acceptors (Lipinski definition) is 5. The van der Waals surface area contributed by atoms with Crippen LogP contribution in [0.15, 0.2) is 23.4 Å². The summed E-state index contributed by atoms with van der Waals surface area (Å²) in [6.07, 6.45) is 6.30. The first-order valence-corrected chi connectivity index (χ1v) is 10.9. The fourth-order valence-electron chi connectivity index (χ4n) is 3.90. The van der Waals surface area contributed by atoms with Gasteiger partial charge in [0.25, 0.3) is 0 Å². The molecule has 1 N–H and O–H groups in total.